The molecule has 2 aliphatic heterocycles. The maximum Gasteiger partial charge on any atom is 0.335 e. The average Bonchev–Trinajstić information content (AvgIpc) is 3.10. The number of aromatic carboxylic acids is 1. The number of carboxylic acids is 1. The summed E-state index contributed by atoms with van der Waals surface area (Å²) in [5.41, 5.74) is -0.849. The second-order valence-corrected chi connectivity index (χ2v) is 6.93. The standard InChI is InChI=1S/C18H22N2O6/c1-18(2)17(24)20(10-15(21)19-9-12-4-3-7-25-12)13-8-11(16(22)23)5-6-14(13)26-18/h5-6,8,12H,3-4,7,9-10H2,1-2H3,(H,19,21)(H,22,23). The first-order valence-electron chi connectivity index (χ1n) is 8.54. The van der Waals surface area contributed by atoms with Crippen LogP contribution in [0.25, 0.3) is 0 Å². The van der Waals surface area contributed by atoms with E-state index in [0.29, 0.717) is 18.9 Å². The van der Waals surface area contributed by atoms with Gasteiger partial charge in [-0.3, -0.25) is 14.5 Å². The largest absolute Gasteiger partial charge is 0.478 e. The molecule has 0 radical (unpaired) electrons. The topological polar surface area (TPSA) is 105 Å². The fraction of sp³-hybridized carbons (Fsp3) is 0.500. The molecule has 8 heteroatoms. The molecule has 0 bridgehead atoms. The Bertz CT molecular complexity index is 739. The third-order valence-corrected chi connectivity index (χ3v) is 4.47. The number of fused-ring (bicyclic) bond motifs is 1. The summed E-state index contributed by atoms with van der Waals surface area (Å²) in [6.45, 7) is 4.10. The van der Waals surface area contributed by atoms with Gasteiger partial charge in [0.05, 0.1) is 17.4 Å². The number of nitrogens with one attached hydrogen (secondary N) is 1. The molecule has 1 aromatic rings. The van der Waals surface area contributed by atoms with Crippen LogP contribution < -0.4 is 15.0 Å². The minimum atomic E-state index is -1.15. The van der Waals surface area contributed by atoms with Gasteiger partial charge in [-0.1, -0.05) is 0 Å². The van der Waals surface area contributed by atoms with Gasteiger partial charge in [-0.05, 0) is 44.9 Å². The molecule has 3 rings (SSSR count). The Kier molecular flexibility index (Phi) is 4.86. The van der Waals surface area contributed by atoms with Crippen molar-refractivity contribution in [3.05, 3.63) is 23.8 Å². The predicted molar refractivity (Wildman–Crippen MR) is 92.4 cm³/mol. The summed E-state index contributed by atoms with van der Waals surface area (Å²) in [5, 5.41) is 12.0. The molecule has 2 aliphatic rings. The summed E-state index contributed by atoms with van der Waals surface area (Å²) in [7, 11) is 0. The van der Waals surface area contributed by atoms with E-state index in [1.54, 1.807) is 13.8 Å². The van der Waals surface area contributed by atoms with Gasteiger partial charge in [-0.2, -0.15) is 0 Å². The molecule has 26 heavy (non-hydrogen) atoms. The summed E-state index contributed by atoms with van der Waals surface area (Å²) >= 11 is 0. The lowest BCUT2D eigenvalue weighted by Crippen LogP contribution is -2.55. The zero-order chi connectivity index (χ0) is 18.9. The van der Waals surface area contributed by atoms with Crippen molar-refractivity contribution in [2.45, 2.75) is 38.4 Å². The van der Waals surface area contributed by atoms with E-state index in [-0.39, 0.29) is 29.8 Å². The zero-order valence-electron chi connectivity index (χ0n) is 14.8. The molecule has 1 fully saturated rings. The highest BCUT2D eigenvalue weighted by atomic mass is 16.5. The molecular weight excluding hydrogens is 340 g/mol. The molecule has 1 atom stereocenters. The maximum absolute atomic E-state index is 12.7. The molecular formula is C18H22N2O6. The Hall–Kier alpha value is -2.61. The number of ether oxygens (including phenoxy) is 2. The van der Waals surface area contributed by atoms with Crippen LogP contribution in [-0.4, -0.2) is 54.3 Å². The van der Waals surface area contributed by atoms with Crippen LogP contribution in [0.4, 0.5) is 5.69 Å². The van der Waals surface area contributed by atoms with Crippen molar-refractivity contribution < 1.29 is 29.0 Å². The van der Waals surface area contributed by atoms with Gasteiger partial charge in [0, 0.05) is 13.2 Å². The highest BCUT2D eigenvalue weighted by molar-refractivity contribution is 6.06. The Morgan fingerprint density at radius 1 is 1.38 bits per heavy atom. The highest BCUT2D eigenvalue weighted by Gasteiger charge is 2.41. The van der Waals surface area contributed by atoms with Crippen molar-refractivity contribution in [1.82, 2.24) is 5.32 Å². The van der Waals surface area contributed by atoms with Crippen molar-refractivity contribution in [3.8, 4) is 5.75 Å². The molecule has 0 aromatic heterocycles. The molecule has 2 heterocycles. The Morgan fingerprint density at radius 3 is 2.81 bits per heavy atom. The molecule has 0 saturated carbocycles. The van der Waals surface area contributed by atoms with Crippen LogP contribution >= 0.6 is 0 Å². The minimum absolute atomic E-state index is 0.00156. The molecule has 140 valence electrons. The number of amides is 2. The van der Waals surface area contributed by atoms with Crippen molar-refractivity contribution in [2.24, 2.45) is 0 Å². The van der Waals surface area contributed by atoms with E-state index < -0.39 is 17.5 Å². The van der Waals surface area contributed by atoms with Gasteiger partial charge in [-0.15, -0.1) is 0 Å². The van der Waals surface area contributed by atoms with Crippen LogP contribution in [0.2, 0.25) is 0 Å². The number of carbonyl (C=O) groups is 3. The van der Waals surface area contributed by atoms with Gasteiger partial charge >= 0.3 is 5.97 Å². The highest BCUT2D eigenvalue weighted by Crippen LogP contribution is 2.38. The second kappa shape index (κ2) is 6.95. The number of carboxylic acid groups (broad SMARTS) is 1. The number of anilines is 1. The molecule has 2 amide bonds. The van der Waals surface area contributed by atoms with Crippen LogP contribution in [0.5, 0.6) is 5.75 Å². The summed E-state index contributed by atoms with van der Waals surface area (Å²) in [4.78, 5) is 37.6. The van der Waals surface area contributed by atoms with E-state index in [1.165, 1.54) is 23.1 Å². The number of hydrogen-bond acceptors (Lipinski definition) is 5. The van der Waals surface area contributed by atoms with Crippen LogP contribution in [0.15, 0.2) is 18.2 Å². The summed E-state index contributed by atoms with van der Waals surface area (Å²) < 4.78 is 11.1. The van der Waals surface area contributed by atoms with Gasteiger partial charge in [0.2, 0.25) is 5.91 Å². The Morgan fingerprint density at radius 2 is 2.15 bits per heavy atom. The quantitative estimate of drug-likeness (QED) is 0.815. The molecule has 0 aliphatic carbocycles. The van der Waals surface area contributed by atoms with Gasteiger partial charge in [-0.25, -0.2) is 4.79 Å². The molecule has 1 aromatic carbocycles. The predicted octanol–water partition coefficient (Wildman–Crippen LogP) is 1.18. The smallest absolute Gasteiger partial charge is 0.335 e. The van der Waals surface area contributed by atoms with Crippen molar-refractivity contribution in [3.63, 3.8) is 0 Å². The van der Waals surface area contributed by atoms with E-state index in [9.17, 15) is 19.5 Å². The Balaban J connectivity index is 1.79. The number of nitrogens with zero attached hydrogens (tertiary/aromatic N) is 1. The van der Waals surface area contributed by atoms with E-state index >= 15 is 0 Å². The third-order valence-electron chi connectivity index (χ3n) is 4.47. The van der Waals surface area contributed by atoms with E-state index in [0.717, 1.165) is 12.8 Å². The van der Waals surface area contributed by atoms with Crippen molar-refractivity contribution in [1.29, 1.82) is 0 Å². The minimum Gasteiger partial charge on any atom is -0.478 e. The summed E-state index contributed by atoms with van der Waals surface area (Å²) in [5.74, 6) is -1.49. The fourth-order valence-corrected chi connectivity index (χ4v) is 3.09. The lowest BCUT2D eigenvalue weighted by molar-refractivity contribution is -0.134. The molecule has 1 saturated heterocycles. The van der Waals surface area contributed by atoms with E-state index in [2.05, 4.69) is 5.32 Å². The van der Waals surface area contributed by atoms with E-state index in [4.69, 9.17) is 9.47 Å². The van der Waals surface area contributed by atoms with Gasteiger partial charge in [0.1, 0.15) is 12.3 Å². The van der Waals surface area contributed by atoms with Gasteiger partial charge in [0.25, 0.3) is 5.91 Å². The van der Waals surface area contributed by atoms with Gasteiger partial charge in [0.15, 0.2) is 5.60 Å². The Labute approximate surface area is 151 Å². The maximum atomic E-state index is 12.7. The number of rotatable bonds is 5. The average molecular weight is 362 g/mol. The number of benzene rings is 1. The van der Waals surface area contributed by atoms with Crippen LogP contribution in [-0.2, 0) is 14.3 Å². The second-order valence-electron chi connectivity index (χ2n) is 6.93. The third kappa shape index (κ3) is 3.65. The van der Waals surface area contributed by atoms with Gasteiger partial charge < -0.3 is 19.9 Å². The number of carbonyl (C=O) groups excluding carboxylic acids is 2. The molecule has 2 N–H and O–H groups in total. The molecule has 0 spiro atoms. The fourth-order valence-electron chi connectivity index (χ4n) is 3.09. The van der Waals surface area contributed by atoms with E-state index in [1.807, 2.05) is 0 Å². The zero-order valence-corrected chi connectivity index (χ0v) is 14.8. The van der Waals surface area contributed by atoms with Crippen LogP contribution in [0.1, 0.15) is 37.0 Å². The monoisotopic (exact) mass is 362 g/mol. The van der Waals surface area contributed by atoms with Crippen molar-refractivity contribution in [2.75, 3.05) is 24.6 Å². The number of hydrogen-bond donors (Lipinski definition) is 2. The first kappa shape index (κ1) is 18.2. The summed E-state index contributed by atoms with van der Waals surface area (Å²) in [6, 6.07) is 4.26. The molecule has 8 nitrogen and oxygen atoms in total. The van der Waals surface area contributed by atoms with Crippen LogP contribution in [0.3, 0.4) is 0 Å². The SMILES string of the molecule is CC1(C)Oc2ccc(C(=O)O)cc2N(CC(=O)NCC2CCCO2)C1=O. The van der Waals surface area contributed by atoms with Crippen molar-refractivity contribution >= 4 is 23.5 Å². The molecule has 1 unspecified atom stereocenters. The first-order chi connectivity index (χ1) is 12.3. The lowest BCUT2D eigenvalue weighted by atomic mass is 10.0. The first-order valence-corrected chi connectivity index (χ1v) is 8.54. The normalized spacial score (nSPS) is 21.1. The van der Waals surface area contributed by atoms with Crippen LogP contribution in [0, 0.1) is 0 Å². The summed E-state index contributed by atoms with van der Waals surface area (Å²) in [6.07, 6.45) is 1.87. The lowest BCUT2D eigenvalue weighted by Gasteiger charge is -2.38.